The van der Waals surface area contributed by atoms with Gasteiger partial charge in [0.15, 0.2) is 0 Å². The fourth-order valence-corrected chi connectivity index (χ4v) is 1.41. The van der Waals surface area contributed by atoms with Crippen LogP contribution in [-0.2, 0) is 20.7 Å². The minimum Gasteiger partial charge on any atom is -0.458 e. The number of carbonyl (C=O) groups is 2. The summed E-state index contributed by atoms with van der Waals surface area (Å²) in [4.78, 5) is 27.5. The van der Waals surface area contributed by atoms with Crippen molar-refractivity contribution in [2.24, 2.45) is 0 Å². The number of ether oxygens (including phenoxy) is 1. The molecule has 5 nitrogen and oxygen atoms in total. The third-order valence-electron chi connectivity index (χ3n) is 2.21. The Morgan fingerprint density at radius 3 is 2.58 bits per heavy atom. The van der Waals surface area contributed by atoms with Gasteiger partial charge >= 0.3 is 5.97 Å². The van der Waals surface area contributed by atoms with Crippen LogP contribution < -0.4 is 5.32 Å². The summed E-state index contributed by atoms with van der Waals surface area (Å²) in [6, 6.07) is 4.69. The van der Waals surface area contributed by atoms with E-state index in [1.807, 2.05) is 6.07 Å². The van der Waals surface area contributed by atoms with Gasteiger partial charge in [0, 0.05) is 11.9 Å². The van der Waals surface area contributed by atoms with Crippen molar-refractivity contribution in [1.29, 1.82) is 0 Å². The first-order valence-electron chi connectivity index (χ1n) is 6.20. The van der Waals surface area contributed by atoms with Gasteiger partial charge in [-0.05, 0) is 39.8 Å². The van der Waals surface area contributed by atoms with Gasteiger partial charge in [-0.1, -0.05) is 6.07 Å². The van der Waals surface area contributed by atoms with Crippen LogP contribution in [0.2, 0.25) is 0 Å². The second kappa shape index (κ2) is 6.31. The fourth-order valence-electron chi connectivity index (χ4n) is 1.41. The number of hydrogen-bond acceptors (Lipinski definition) is 4. The summed E-state index contributed by atoms with van der Waals surface area (Å²) < 4.78 is 5.18. The zero-order chi connectivity index (χ0) is 14.5. The lowest BCUT2D eigenvalue weighted by Gasteiger charge is -2.22. The molecular weight excluding hydrogens is 244 g/mol. The van der Waals surface area contributed by atoms with Crippen molar-refractivity contribution in [3.05, 3.63) is 30.1 Å². The lowest BCUT2D eigenvalue weighted by atomic mass is 10.2. The number of nitrogens with one attached hydrogen (secondary N) is 1. The molecule has 0 aliphatic rings. The highest BCUT2D eigenvalue weighted by Gasteiger charge is 2.22. The van der Waals surface area contributed by atoms with E-state index >= 15 is 0 Å². The normalized spacial score (nSPS) is 12.6. The molecule has 5 heteroatoms. The van der Waals surface area contributed by atoms with Crippen LogP contribution in [0.3, 0.4) is 0 Å². The number of carbonyl (C=O) groups excluding carboxylic acids is 2. The summed E-state index contributed by atoms with van der Waals surface area (Å²) in [5.74, 6) is -0.695. The molecule has 0 saturated carbocycles. The van der Waals surface area contributed by atoms with E-state index in [2.05, 4.69) is 10.3 Å². The first kappa shape index (κ1) is 15.1. The number of hydrogen-bond donors (Lipinski definition) is 1. The van der Waals surface area contributed by atoms with Crippen LogP contribution in [0.25, 0.3) is 0 Å². The molecule has 0 radical (unpaired) electrons. The van der Waals surface area contributed by atoms with E-state index < -0.39 is 17.6 Å². The third-order valence-corrected chi connectivity index (χ3v) is 2.21. The van der Waals surface area contributed by atoms with E-state index in [-0.39, 0.29) is 12.3 Å². The molecule has 1 aromatic rings. The molecule has 1 amide bonds. The Labute approximate surface area is 113 Å². The lowest BCUT2D eigenvalue weighted by molar-refractivity contribution is -0.158. The maximum atomic E-state index is 11.7. The summed E-state index contributed by atoms with van der Waals surface area (Å²) in [6.07, 6.45) is 1.77. The van der Waals surface area contributed by atoms with Gasteiger partial charge in [-0.25, -0.2) is 4.79 Å². The Morgan fingerprint density at radius 1 is 1.37 bits per heavy atom. The average Bonchev–Trinajstić information content (AvgIpc) is 2.27. The number of rotatable bonds is 4. The number of aromatic nitrogens is 1. The van der Waals surface area contributed by atoms with Gasteiger partial charge in [0.25, 0.3) is 0 Å². The average molecular weight is 264 g/mol. The smallest absolute Gasteiger partial charge is 0.328 e. The van der Waals surface area contributed by atoms with E-state index in [4.69, 9.17) is 4.74 Å². The zero-order valence-corrected chi connectivity index (χ0v) is 11.8. The van der Waals surface area contributed by atoms with Crippen LogP contribution >= 0.6 is 0 Å². The van der Waals surface area contributed by atoms with Crippen molar-refractivity contribution in [2.75, 3.05) is 0 Å². The van der Waals surface area contributed by atoms with Crippen molar-refractivity contribution in [3.63, 3.8) is 0 Å². The number of pyridine rings is 1. The quantitative estimate of drug-likeness (QED) is 0.836. The Kier molecular flexibility index (Phi) is 5.03. The maximum Gasteiger partial charge on any atom is 0.328 e. The first-order valence-corrected chi connectivity index (χ1v) is 6.20. The minimum atomic E-state index is -0.671. The Balaban J connectivity index is 2.46. The monoisotopic (exact) mass is 264 g/mol. The maximum absolute atomic E-state index is 11.7. The highest BCUT2D eigenvalue weighted by molar-refractivity contribution is 5.85. The summed E-state index contributed by atoms with van der Waals surface area (Å²) in [7, 11) is 0. The highest BCUT2D eigenvalue weighted by atomic mass is 16.6. The molecule has 19 heavy (non-hydrogen) atoms. The van der Waals surface area contributed by atoms with Gasteiger partial charge in [0.2, 0.25) is 5.91 Å². The second-order valence-electron chi connectivity index (χ2n) is 5.32. The van der Waals surface area contributed by atoms with E-state index in [1.165, 1.54) is 0 Å². The topological polar surface area (TPSA) is 68.3 Å². The van der Waals surface area contributed by atoms with Crippen LogP contribution in [0, 0.1) is 0 Å². The predicted octanol–water partition coefficient (Wildman–Crippen LogP) is 1.47. The molecule has 0 saturated heterocycles. The molecule has 0 aromatic carbocycles. The molecule has 0 fully saturated rings. The van der Waals surface area contributed by atoms with Crippen LogP contribution in [0.4, 0.5) is 0 Å². The number of amides is 1. The lowest BCUT2D eigenvalue weighted by Crippen LogP contribution is -2.42. The molecule has 0 aliphatic carbocycles. The van der Waals surface area contributed by atoms with Crippen molar-refractivity contribution in [3.8, 4) is 0 Å². The van der Waals surface area contributed by atoms with Crippen molar-refractivity contribution in [2.45, 2.75) is 45.8 Å². The Bertz CT molecular complexity index is 438. The third kappa shape index (κ3) is 5.99. The van der Waals surface area contributed by atoms with Crippen LogP contribution in [-0.4, -0.2) is 28.5 Å². The van der Waals surface area contributed by atoms with Crippen LogP contribution in [0.15, 0.2) is 24.4 Å². The molecule has 1 rings (SSSR count). The second-order valence-corrected chi connectivity index (χ2v) is 5.32. The molecular formula is C14H20N2O3. The largest absolute Gasteiger partial charge is 0.458 e. The molecule has 0 bridgehead atoms. The van der Waals surface area contributed by atoms with Gasteiger partial charge in [-0.3, -0.25) is 9.78 Å². The van der Waals surface area contributed by atoms with Crippen molar-refractivity contribution < 1.29 is 14.3 Å². The molecule has 1 atom stereocenters. The molecule has 1 heterocycles. The molecule has 0 unspecified atom stereocenters. The van der Waals surface area contributed by atoms with Crippen molar-refractivity contribution in [1.82, 2.24) is 10.3 Å². The Hall–Kier alpha value is -1.91. The van der Waals surface area contributed by atoms with Gasteiger partial charge < -0.3 is 10.1 Å². The SMILES string of the molecule is C[C@H](NC(=O)Cc1ccccn1)C(=O)OC(C)(C)C. The van der Waals surface area contributed by atoms with E-state index in [1.54, 1.807) is 46.0 Å². The molecule has 0 spiro atoms. The summed E-state index contributed by atoms with van der Waals surface area (Å²) in [6.45, 7) is 6.96. The van der Waals surface area contributed by atoms with Crippen LogP contribution in [0.5, 0.6) is 0 Å². The Morgan fingerprint density at radius 2 is 2.05 bits per heavy atom. The van der Waals surface area contributed by atoms with E-state index in [0.29, 0.717) is 5.69 Å². The molecule has 104 valence electrons. The number of esters is 1. The van der Waals surface area contributed by atoms with Gasteiger partial charge in [-0.2, -0.15) is 0 Å². The van der Waals surface area contributed by atoms with Crippen LogP contribution in [0.1, 0.15) is 33.4 Å². The fraction of sp³-hybridized carbons (Fsp3) is 0.500. The van der Waals surface area contributed by atoms with E-state index in [9.17, 15) is 9.59 Å². The highest BCUT2D eigenvalue weighted by Crippen LogP contribution is 2.08. The predicted molar refractivity (Wildman–Crippen MR) is 71.4 cm³/mol. The zero-order valence-electron chi connectivity index (χ0n) is 11.8. The number of nitrogens with zero attached hydrogens (tertiary/aromatic N) is 1. The molecule has 1 N–H and O–H groups in total. The summed E-state index contributed by atoms with van der Waals surface area (Å²) >= 11 is 0. The van der Waals surface area contributed by atoms with E-state index in [0.717, 1.165) is 0 Å². The minimum absolute atomic E-state index is 0.147. The van der Waals surface area contributed by atoms with Gasteiger partial charge in [0.05, 0.1) is 6.42 Å². The standard InChI is InChI=1S/C14H20N2O3/c1-10(13(18)19-14(2,3)4)16-12(17)9-11-7-5-6-8-15-11/h5-8,10H,9H2,1-4H3,(H,16,17)/t10-/m0/s1. The summed E-state index contributed by atoms with van der Waals surface area (Å²) in [5, 5.41) is 2.60. The first-order chi connectivity index (χ1) is 8.78. The molecule has 0 aliphatic heterocycles. The van der Waals surface area contributed by atoms with Crippen molar-refractivity contribution >= 4 is 11.9 Å². The summed E-state index contributed by atoms with van der Waals surface area (Å²) in [5.41, 5.74) is 0.105. The van der Waals surface area contributed by atoms with Gasteiger partial charge in [-0.15, -0.1) is 0 Å². The molecule has 1 aromatic heterocycles. The van der Waals surface area contributed by atoms with Gasteiger partial charge in [0.1, 0.15) is 11.6 Å².